The van der Waals surface area contributed by atoms with Crippen molar-refractivity contribution in [1.29, 1.82) is 0 Å². The standard InChI is InChI=1S/C18H24N2O2/c1-11(2)16-15(12(3)20-22-16)17(21)19-14-9-7-13(8-10-14)18(4,5)6/h7-11H,1-6H3,(H,19,21). The molecule has 118 valence electrons. The van der Waals surface area contributed by atoms with Crippen molar-refractivity contribution >= 4 is 11.6 Å². The summed E-state index contributed by atoms with van der Waals surface area (Å²) in [6.07, 6.45) is 0. The van der Waals surface area contributed by atoms with E-state index in [1.165, 1.54) is 5.56 Å². The first-order valence-corrected chi connectivity index (χ1v) is 7.58. The Balaban J connectivity index is 2.21. The van der Waals surface area contributed by atoms with E-state index in [1.54, 1.807) is 6.92 Å². The van der Waals surface area contributed by atoms with E-state index in [2.05, 4.69) is 31.2 Å². The summed E-state index contributed by atoms with van der Waals surface area (Å²) >= 11 is 0. The average molecular weight is 300 g/mol. The number of benzene rings is 1. The molecule has 1 aromatic heterocycles. The van der Waals surface area contributed by atoms with Crippen LogP contribution in [-0.4, -0.2) is 11.1 Å². The molecule has 0 saturated carbocycles. The van der Waals surface area contributed by atoms with Gasteiger partial charge >= 0.3 is 0 Å². The quantitative estimate of drug-likeness (QED) is 0.897. The number of carbonyl (C=O) groups is 1. The van der Waals surface area contributed by atoms with Gasteiger partial charge in [0, 0.05) is 11.6 Å². The van der Waals surface area contributed by atoms with Crippen molar-refractivity contribution in [3.63, 3.8) is 0 Å². The second-order valence-electron chi connectivity index (χ2n) is 6.94. The molecule has 0 bridgehead atoms. The van der Waals surface area contributed by atoms with Crippen molar-refractivity contribution in [2.45, 2.75) is 52.9 Å². The lowest BCUT2D eigenvalue weighted by atomic mass is 9.87. The zero-order valence-corrected chi connectivity index (χ0v) is 14.2. The first-order valence-electron chi connectivity index (χ1n) is 7.58. The molecular weight excluding hydrogens is 276 g/mol. The van der Waals surface area contributed by atoms with Crippen LogP contribution in [0, 0.1) is 6.92 Å². The van der Waals surface area contributed by atoms with Gasteiger partial charge in [-0.1, -0.05) is 51.9 Å². The Labute approximate surface area is 131 Å². The summed E-state index contributed by atoms with van der Waals surface area (Å²) in [6.45, 7) is 12.2. The van der Waals surface area contributed by atoms with Gasteiger partial charge in [-0.3, -0.25) is 4.79 Å². The van der Waals surface area contributed by atoms with Gasteiger partial charge in [-0.15, -0.1) is 0 Å². The molecule has 4 heteroatoms. The molecular formula is C18H24N2O2. The van der Waals surface area contributed by atoms with E-state index in [0.29, 0.717) is 17.0 Å². The molecule has 0 spiro atoms. The summed E-state index contributed by atoms with van der Waals surface area (Å²) < 4.78 is 5.27. The van der Waals surface area contributed by atoms with E-state index < -0.39 is 0 Å². The van der Waals surface area contributed by atoms with Crippen LogP contribution in [0.15, 0.2) is 28.8 Å². The third kappa shape index (κ3) is 3.38. The maximum atomic E-state index is 12.5. The molecule has 4 nitrogen and oxygen atoms in total. The molecule has 0 aliphatic carbocycles. The number of hydrogen-bond acceptors (Lipinski definition) is 3. The molecule has 0 aliphatic heterocycles. The molecule has 0 aliphatic rings. The molecule has 1 aromatic carbocycles. The predicted molar refractivity (Wildman–Crippen MR) is 88.4 cm³/mol. The number of aryl methyl sites for hydroxylation is 1. The molecule has 0 unspecified atom stereocenters. The second kappa shape index (κ2) is 5.95. The van der Waals surface area contributed by atoms with Crippen LogP contribution >= 0.6 is 0 Å². The molecule has 1 amide bonds. The minimum absolute atomic E-state index is 0.0957. The van der Waals surface area contributed by atoms with E-state index in [0.717, 1.165) is 5.69 Å². The summed E-state index contributed by atoms with van der Waals surface area (Å²) in [7, 11) is 0. The van der Waals surface area contributed by atoms with Gasteiger partial charge < -0.3 is 9.84 Å². The molecule has 2 rings (SSSR count). The van der Waals surface area contributed by atoms with Gasteiger partial charge in [0.2, 0.25) is 0 Å². The molecule has 0 atom stereocenters. The normalized spacial score (nSPS) is 11.8. The Hall–Kier alpha value is -2.10. The summed E-state index contributed by atoms with van der Waals surface area (Å²) in [5.41, 5.74) is 3.25. The molecule has 0 fully saturated rings. The van der Waals surface area contributed by atoms with Crippen molar-refractivity contribution < 1.29 is 9.32 Å². The van der Waals surface area contributed by atoms with E-state index in [9.17, 15) is 4.79 Å². The SMILES string of the molecule is Cc1noc(C(C)C)c1C(=O)Nc1ccc(C(C)(C)C)cc1. The number of carbonyl (C=O) groups excluding carboxylic acids is 1. The van der Waals surface area contributed by atoms with Gasteiger partial charge in [0.05, 0.1) is 5.69 Å². The van der Waals surface area contributed by atoms with Crippen LogP contribution in [0.2, 0.25) is 0 Å². The molecule has 1 N–H and O–H groups in total. The number of aromatic nitrogens is 1. The lowest BCUT2D eigenvalue weighted by Crippen LogP contribution is -2.15. The number of anilines is 1. The van der Waals surface area contributed by atoms with Gasteiger partial charge in [-0.2, -0.15) is 0 Å². The number of nitrogens with one attached hydrogen (secondary N) is 1. The summed E-state index contributed by atoms with van der Waals surface area (Å²) in [5, 5.41) is 6.83. The first kappa shape index (κ1) is 16.3. The molecule has 0 saturated heterocycles. The van der Waals surface area contributed by atoms with Gasteiger partial charge in [-0.25, -0.2) is 0 Å². The molecule has 0 radical (unpaired) electrons. The average Bonchev–Trinajstić information content (AvgIpc) is 2.80. The Morgan fingerprint density at radius 2 is 1.77 bits per heavy atom. The van der Waals surface area contributed by atoms with Crippen molar-refractivity contribution in [3.05, 3.63) is 46.8 Å². The van der Waals surface area contributed by atoms with Crippen LogP contribution in [0.4, 0.5) is 5.69 Å². The Bertz CT molecular complexity index is 661. The third-order valence-electron chi connectivity index (χ3n) is 3.65. The lowest BCUT2D eigenvalue weighted by Gasteiger charge is -2.19. The molecule has 1 heterocycles. The minimum Gasteiger partial charge on any atom is -0.360 e. The minimum atomic E-state index is -0.175. The van der Waals surface area contributed by atoms with Crippen LogP contribution in [0.25, 0.3) is 0 Å². The van der Waals surface area contributed by atoms with Gasteiger partial charge in [-0.05, 0) is 30.0 Å². The number of rotatable bonds is 3. The fourth-order valence-electron chi connectivity index (χ4n) is 2.30. The van der Waals surface area contributed by atoms with E-state index in [1.807, 2.05) is 38.1 Å². The Morgan fingerprint density at radius 1 is 1.18 bits per heavy atom. The zero-order valence-electron chi connectivity index (χ0n) is 14.2. The van der Waals surface area contributed by atoms with Crippen molar-refractivity contribution in [3.8, 4) is 0 Å². The molecule has 22 heavy (non-hydrogen) atoms. The van der Waals surface area contributed by atoms with E-state index in [-0.39, 0.29) is 17.2 Å². The van der Waals surface area contributed by atoms with Crippen LogP contribution in [0.1, 0.15) is 67.9 Å². The fraction of sp³-hybridized carbons (Fsp3) is 0.444. The number of nitrogens with zero attached hydrogens (tertiary/aromatic N) is 1. The monoisotopic (exact) mass is 300 g/mol. The number of amides is 1. The Kier molecular flexibility index (Phi) is 4.40. The maximum Gasteiger partial charge on any atom is 0.261 e. The molecule has 2 aromatic rings. The van der Waals surface area contributed by atoms with Gasteiger partial charge in [0.15, 0.2) is 5.76 Å². The lowest BCUT2D eigenvalue weighted by molar-refractivity contribution is 0.102. The predicted octanol–water partition coefficient (Wildman–Crippen LogP) is 4.66. The number of hydrogen-bond donors (Lipinski definition) is 1. The first-order chi connectivity index (χ1) is 10.2. The zero-order chi connectivity index (χ0) is 16.5. The van der Waals surface area contributed by atoms with Crippen LogP contribution in [0.5, 0.6) is 0 Å². The highest BCUT2D eigenvalue weighted by atomic mass is 16.5. The summed E-state index contributed by atoms with van der Waals surface area (Å²) in [5.74, 6) is 0.567. The highest BCUT2D eigenvalue weighted by Gasteiger charge is 2.22. The summed E-state index contributed by atoms with van der Waals surface area (Å²) in [4.78, 5) is 12.5. The van der Waals surface area contributed by atoms with E-state index >= 15 is 0 Å². The summed E-state index contributed by atoms with van der Waals surface area (Å²) in [6, 6.07) is 7.94. The van der Waals surface area contributed by atoms with E-state index in [4.69, 9.17) is 4.52 Å². The van der Waals surface area contributed by atoms with Gasteiger partial charge in [0.25, 0.3) is 5.91 Å². The fourth-order valence-corrected chi connectivity index (χ4v) is 2.30. The smallest absolute Gasteiger partial charge is 0.261 e. The highest BCUT2D eigenvalue weighted by Crippen LogP contribution is 2.25. The topological polar surface area (TPSA) is 55.1 Å². The van der Waals surface area contributed by atoms with Gasteiger partial charge in [0.1, 0.15) is 5.56 Å². The van der Waals surface area contributed by atoms with Crippen molar-refractivity contribution in [2.24, 2.45) is 0 Å². The highest BCUT2D eigenvalue weighted by molar-refractivity contribution is 6.05. The third-order valence-corrected chi connectivity index (χ3v) is 3.65. The van der Waals surface area contributed by atoms with Crippen LogP contribution in [-0.2, 0) is 5.41 Å². The second-order valence-corrected chi connectivity index (χ2v) is 6.94. The van der Waals surface area contributed by atoms with Crippen molar-refractivity contribution in [1.82, 2.24) is 5.16 Å². The van der Waals surface area contributed by atoms with Crippen LogP contribution < -0.4 is 5.32 Å². The maximum absolute atomic E-state index is 12.5. The largest absolute Gasteiger partial charge is 0.360 e. The Morgan fingerprint density at radius 3 is 2.27 bits per heavy atom. The van der Waals surface area contributed by atoms with Crippen molar-refractivity contribution in [2.75, 3.05) is 5.32 Å². The van der Waals surface area contributed by atoms with Crippen LogP contribution in [0.3, 0.4) is 0 Å².